The van der Waals surface area contributed by atoms with E-state index >= 15 is 0 Å². The number of aryl methyl sites for hydroxylation is 1. The minimum Gasteiger partial charge on any atom is -0.327 e. The molecule has 1 heterocycles. The third-order valence-corrected chi connectivity index (χ3v) is 5.95. The highest BCUT2D eigenvalue weighted by Crippen LogP contribution is 2.13. The Morgan fingerprint density at radius 1 is 1.15 bits per heavy atom. The zero-order valence-electron chi connectivity index (χ0n) is 16.3. The van der Waals surface area contributed by atoms with Gasteiger partial charge in [0.05, 0.1) is 6.17 Å². The Morgan fingerprint density at radius 2 is 1.89 bits per heavy atom. The zero-order chi connectivity index (χ0) is 19.6. The number of rotatable bonds is 8. The van der Waals surface area contributed by atoms with Gasteiger partial charge in [0.2, 0.25) is 11.8 Å². The number of benzene rings is 1. The summed E-state index contributed by atoms with van der Waals surface area (Å²) in [6.07, 6.45) is 5.23. The second-order valence-electron chi connectivity index (χ2n) is 6.83. The van der Waals surface area contributed by atoms with E-state index in [1.54, 1.807) is 4.90 Å². The second-order valence-corrected chi connectivity index (χ2v) is 8.28. The molecule has 7 heteroatoms. The average Bonchev–Trinajstić information content (AvgIpc) is 2.92. The van der Waals surface area contributed by atoms with Crippen molar-refractivity contribution in [1.29, 1.82) is 0 Å². The number of carbonyl (C=O) groups excluding carboxylic acids is 2. The minimum absolute atomic E-state index is 0.00732. The molecule has 27 heavy (non-hydrogen) atoms. The maximum absolute atomic E-state index is 12.6. The van der Waals surface area contributed by atoms with Gasteiger partial charge in [-0.3, -0.25) is 19.1 Å². The van der Waals surface area contributed by atoms with Gasteiger partial charge in [-0.15, -0.1) is 0 Å². The van der Waals surface area contributed by atoms with Crippen LogP contribution < -0.4 is 10.6 Å². The van der Waals surface area contributed by atoms with Crippen LogP contribution in [-0.2, 0) is 26.8 Å². The molecule has 2 amide bonds. The highest BCUT2D eigenvalue weighted by molar-refractivity contribution is 7.86. The Bertz CT molecular complexity index is 640. The Hall–Kier alpha value is -1.73. The molecule has 0 aliphatic carbocycles. The lowest BCUT2D eigenvalue weighted by Crippen LogP contribution is -2.50. The van der Waals surface area contributed by atoms with Gasteiger partial charge in [-0.1, -0.05) is 31.9 Å². The summed E-state index contributed by atoms with van der Waals surface area (Å²) < 4.78 is 12.3. The SMILES string of the molecule is CCc1ccc(NC(=O)CS(=O)CC(=O)N(CC)C2CCCCCN2)cc1. The van der Waals surface area contributed by atoms with Crippen LogP contribution in [0.1, 0.15) is 45.1 Å². The van der Waals surface area contributed by atoms with Gasteiger partial charge in [-0.25, -0.2) is 0 Å². The second kappa shape index (κ2) is 11.2. The third kappa shape index (κ3) is 7.07. The van der Waals surface area contributed by atoms with E-state index in [4.69, 9.17) is 0 Å². The van der Waals surface area contributed by atoms with Crippen molar-refractivity contribution >= 4 is 28.3 Å². The van der Waals surface area contributed by atoms with Crippen molar-refractivity contribution in [1.82, 2.24) is 10.2 Å². The van der Waals surface area contributed by atoms with E-state index in [2.05, 4.69) is 17.6 Å². The van der Waals surface area contributed by atoms with Gasteiger partial charge in [0.1, 0.15) is 11.5 Å². The molecule has 0 radical (unpaired) electrons. The number of nitrogens with zero attached hydrogens (tertiary/aromatic N) is 1. The highest BCUT2D eigenvalue weighted by atomic mass is 32.2. The standard InChI is InChI=1S/C20H31N3O3S/c1-3-16-9-11-17(12-10-16)22-19(24)14-27(26)15-20(25)23(4-2)18-8-6-5-7-13-21-18/h9-12,18,21H,3-8,13-15H2,1-2H3,(H,22,24). The van der Waals surface area contributed by atoms with Crippen LogP contribution in [0, 0.1) is 0 Å². The Balaban J connectivity index is 1.83. The van der Waals surface area contributed by atoms with Crippen molar-refractivity contribution < 1.29 is 13.8 Å². The first-order chi connectivity index (χ1) is 13.0. The number of nitrogens with one attached hydrogen (secondary N) is 2. The lowest BCUT2D eigenvalue weighted by atomic mass is 10.1. The average molecular weight is 394 g/mol. The maximum atomic E-state index is 12.6. The van der Waals surface area contributed by atoms with Crippen molar-refractivity contribution in [3.8, 4) is 0 Å². The van der Waals surface area contributed by atoms with Gasteiger partial charge in [0, 0.05) is 23.0 Å². The van der Waals surface area contributed by atoms with Crippen molar-refractivity contribution in [2.75, 3.05) is 29.9 Å². The minimum atomic E-state index is -1.52. The molecule has 1 fully saturated rings. The molecular weight excluding hydrogens is 362 g/mol. The number of anilines is 1. The summed E-state index contributed by atoms with van der Waals surface area (Å²) in [5.74, 6) is -0.776. The molecule has 2 unspecified atom stereocenters. The lowest BCUT2D eigenvalue weighted by Gasteiger charge is -2.30. The summed E-state index contributed by atoms with van der Waals surface area (Å²) in [6, 6.07) is 7.58. The van der Waals surface area contributed by atoms with Crippen LogP contribution in [-0.4, -0.2) is 51.7 Å². The van der Waals surface area contributed by atoms with Crippen molar-refractivity contribution in [3.63, 3.8) is 0 Å². The van der Waals surface area contributed by atoms with Crippen LogP contribution in [0.5, 0.6) is 0 Å². The predicted molar refractivity (Wildman–Crippen MR) is 110 cm³/mol. The molecule has 0 bridgehead atoms. The summed E-state index contributed by atoms with van der Waals surface area (Å²) in [6.45, 7) is 5.47. The van der Waals surface area contributed by atoms with E-state index in [9.17, 15) is 13.8 Å². The summed E-state index contributed by atoms with van der Waals surface area (Å²) in [5, 5.41) is 6.14. The fourth-order valence-corrected chi connectivity index (χ4v) is 4.19. The molecule has 150 valence electrons. The smallest absolute Gasteiger partial charge is 0.237 e. The Labute approximate surface area is 164 Å². The molecule has 0 aromatic heterocycles. The van der Waals surface area contributed by atoms with Crippen molar-refractivity contribution in [2.45, 2.75) is 52.1 Å². The van der Waals surface area contributed by atoms with E-state index in [1.165, 1.54) is 12.0 Å². The van der Waals surface area contributed by atoms with Gasteiger partial charge in [-0.2, -0.15) is 0 Å². The number of hydrogen-bond donors (Lipinski definition) is 2. The number of amides is 2. The molecule has 1 aromatic carbocycles. The molecule has 1 aromatic rings. The van der Waals surface area contributed by atoms with E-state index in [-0.39, 0.29) is 29.5 Å². The van der Waals surface area contributed by atoms with E-state index in [0.717, 1.165) is 32.2 Å². The molecule has 2 rings (SSSR count). The summed E-state index contributed by atoms with van der Waals surface area (Å²) >= 11 is 0. The maximum Gasteiger partial charge on any atom is 0.237 e. The summed E-state index contributed by atoms with van der Waals surface area (Å²) in [5.41, 5.74) is 1.87. The summed E-state index contributed by atoms with van der Waals surface area (Å²) in [7, 11) is -1.52. The summed E-state index contributed by atoms with van der Waals surface area (Å²) in [4.78, 5) is 26.4. The first-order valence-corrected chi connectivity index (χ1v) is 11.3. The fourth-order valence-electron chi connectivity index (χ4n) is 3.29. The largest absolute Gasteiger partial charge is 0.327 e. The van der Waals surface area contributed by atoms with Gasteiger partial charge in [0.25, 0.3) is 0 Å². The normalized spacial score (nSPS) is 18.4. The van der Waals surface area contributed by atoms with Crippen LogP contribution in [0.15, 0.2) is 24.3 Å². The molecule has 6 nitrogen and oxygen atoms in total. The van der Waals surface area contributed by atoms with Crippen LogP contribution in [0.25, 0.3) is 0 Å². The van der Waals surface area contributed by atoms with Crippen LogP contribution in [0.4, 0.5) is 5.69 Å². The van der Waals surface area contributed by atoms with Crippen molar-refractivity contribution in [2.24, 2.45) is 0 Å². The third-order valence-electron chi connectivity index (χ3n) is 4.79. The van der Waals surface area contributed by atoms with Crippen LogP contribution >= 0.6 is 0 Å². The molecule has 2 atom stereocenters. The Morgan fingerprint density at radius 3 is 2.56 bits per heavy atom. The highest BCUT2D eigenvalue weighted by Gasteiger charge is 2.24. The molecule has 1 saturated heterocycles. The van der Waals surface area contributed by atoms with Gasteiger partial charge in [-0.05, 0) is 50.4 Å². The lowest BCUT2D eigenvalue weighted by molar-refractivity contribution is -0.131. The fraction of sp³-hybridized carbons (Fsp3) is 0.600. The quantitative estimate of drug-likeness (QED) is 0.710. The van der Waals surface area contributed by atoms with Crippen LogP contribution in [0.2, 0.25) is 0 Å². The first kappa shape index (κ1) is 21.6. The molecular formula is C20H31N3O3S. The van der Waals surface area contributed by atoms with E-state index in [0.29, 0.717) is 12.2 Å². The molecule has 0 spiro atoms. The Kier molecular flexibility index (Phi) is 8.94. The predicted octanol–water partition coefficient (Wildman–Crippen LogP) is 2.27. The van der Waals surface area contributed by atoms with Gasteiger partial charge < -0.3 is 10.2 Å². The molecule has 0 saturated carbocycles. The van der Waals surface area contributed by atoms with Crippen LogP contribution in [0.3, 0.4) is 0 Å². The molecule has 1 aliphatic heterocycles. The van der Waals surface area contributed by atoms with Gasteiger partial charge in [0.15, 0.2) is 0 Å². The monoisotopic (exact) mass is 393 g/mol. The van der Waals surface area contributed by atoms with Gasteiger partial charge >= 0.3 is 0 Å². The first-order valence-electron chi connectivity index (χ1n) is 9.80. The number of carbonyl (C=O) groups is 2. The zero-order valence-corrected chi connectivity index (χ0v) is 17.1. The van der Waals surface area contributed by atoms with E-state index in [1.807, 2.05) is 31.2 Å². The molecule has 2 N–H and O–H groups in total. The number of hydrogen-bond acceptors (Lipinski definition) is 4. The molecule has 1 aliphatic rings. The van der Waals surface area contributed by atoms with Crippen molar-refractivity contribution in [3.05, 3.63) is 29.8 Å². The topological polar surface area (TPSA) is 78.5 Å². The van der Waals surface area contributed by atoms with E-state index < -0.39 is 10.8 Å².